The van der Waals surface area contributed by atoms with Crippen LogP contribution in [-0.4, -0.2) is 33.5 Å². The van der Waals surface area contributed by atoms with Crippen LogP contribution in [0.2, 0.25) is 0 Å². The molecule has 1 aliphatic heterocycles. The molecular weight excluding hydrogens is 340 g/mol. The van der Waals surface area contributed by atoms with Crippen LogP contribution in [0.15, 0.2) is 24.3 Å². The number of anilines is 1. The highest BCUT2D eigenvalue weighted by atomic mass is 16.2. The van der Waals surface area contributed by atoms with Crippen molar-refractivity contribution in [1.82, 2.24) is 14.7 Å². The number of aromatic nitrogens is 2. The number of carbonyl (C=O) groups is 2. The van der Waals surface area contributed by atoms with E-state index in [0.717, 1.165) is 28.2 Å². The van der Waals surface area contributed by atoms with Crippen LogP contribution in [0, 0.1) is 26.7 Å². The van der Waals surface area contributed by atoms with Crippen molar-refractivity contribution in [2.45, 2.75) is 53.1 Å². The minimum atomic E-state index is -0.425. The van der Waals surface area contributed by atoms with Gasteiger partial charge in [0.2, 0.25) is 11.8 Å². The van der Waals surface area contributed by atoms with E-state index < -0.39 is 5.92 Å². The van der Waals surface area contributed by atoms with Gasteiger partial charge in [0.05, 0.1) is 29.0 Å². The van der Waals surface area contributed by atoms with Crippen molar-refractivity contribution in [2.75, 3.05) is 12.4 Å². The SMILES string of the molecule is Cc1ccc([C@@H]2[C@H](C(=O)Nc3c(C)nn(C(C)C)c3C)CC(=O)N2C)cc1. The van der Waals surface area contributed by atoms with E-state index in [-0.39, 0.29) is 30.3 Å². The van der Waals surface area contributed by atoms with E-state index in [1.165, 1.54) is 0 Å². The predicted octanol–water partition coefficient (Wildman–Crippen LogP) is 3.55. The van der Waals surface area contributed by atoms with Crippen LogP contribution < -0.4 is 5.32 Å². The van der Waals surface area contributed by atoms with Crippen LogP contribution in [-0.2, 0) is 9.59 Å². The van der Waals surface area contributed by atoms with Crippen molar-refractivity contribution in [3.05, 3.63) is 46.8 Å². The molecule has 2 atom stereocenters. The third-order valence-corrected chi connectivity index (χ3v) is 5.40. The van der Waals surface area contributed by atoms with Gasteiger partial charge < -0.3 is 10.2 Å². The zero-order valence-electron chi connectivity index (χ0n) is 16.9. The topological polar surface area (TPSA) is 67.2 Å². The summed E-state index contributed by atoms with van der Waals surface area (Å²) in [6, 6.07) is 8.00. The van der Waals surface area contributed by atoms with Crippen molar-refractivity contribution in [3.8, 4) is 0 Å². The number of benzene rings is 1. The quantitative estimate of drug-likeness (QED) is 0.897. The standard InChI is InChI=1S/C21H28N4O2/c1-12(2)25-15(5)19(14(4)23-25)22-21(27)17-11-18(26)24(6)20(17)16-9-7-13(3)8-10-16/h7-10,12,17,20H,11H2,1-6H3,(H,22,27)/t17-,20-/m1/s1. The minimum Gasteiger partial charge on any atom is -0.338 e. The van der Waals surface area contributed by atoms with Gasteiger partial charge in [0.25, 0.3) is 0 Å². The van der Waals surface area contributed by atoms with Gasteiger partial charge in [0.1, 0.15) is 0 Å². The molecule has 3 rings (SSSR count). The van der Waals surface area contributed by atoms with Crippen LogP contribution in [0.5, 0.6) is 0 Å². The zero-order valence-corrected chi connectivity index (χ0v) is 16.9. The van der Waals surface area contributed by atoms with Crippen molar-refractivity contribution in [2.24, 2.45) is 5.92 Å². The molecule has 0 aliphatic carbocycles. The second-order valence-electron chi connectivity index (χ2n) is 7.74. The Labute approximate surface area is 160 Å². The molecule has 1 N–H and O–H groups in total. The van der Waals surface area contributed by atoms with Gasteiger partial charge in [0, 0.05) is 19.5 Å². The molecule has 1 aromatic heterocycles. The molecule has 27 heavy (non-hydrogen) atoms. The Balaban J connectivity index is 1.89. The fourth-order valence-electron chi connectivity index (χ4n) is 3.89. The van der Waals surface area contributed by atoms with Crippen LogP contribution in [0.1, 0.15) is 54.9 Å². The largest absolute Gasteiger partial charge is 0.338 e. The summed E-state index contributed by atoms with van der Waals surface area (Å²) in [4.78, 5) is 27.1. The predicted molar refractivity (Wildman–Crippen MR) is 106 cm³/mol. The molecule has 1 fully saturated rings. The monoisotopic (exact) mass is 368 g/mol. The summed E-state index contributed by atoms with van der Waals surface area (Å²) >= 11 is 0. The van der Waals surface area contributed by atoms with Crippen LogP contribution in [0.25, 0.3) is 0 Å². The summed E-state index contributed by atoms with van der Waals surface area (Å²) in [5.74, 6) is -0.564. The van der Waals surface area contributed by atoms with Gasteiger partial charge in [-0.15, -0.1) is 0 Å². The zero-order chi connectivity index (χ0) is 19.9. The summed E-state index contributed by atoms with van der Waals surface area (Å²) in [5.41, 5.74) is 4.61. The fourth-order valence-corrected chi connectivity index (χ4v) is 3.89. The third-order valence-electron chi connectivity index (χ3n) is 5.40. The van der Waals surface area contributed by atoms with Gasteiger partial charge in [-0.2, -0.15) is 5.10 Å². The van der Waals surface area contributed by atoms with E-state index >= 15 is 0 Å². The van der Waals surface area contributed by atoms with Gasteiger partial charge in [-0.05, 0) is 40.2 Å². The summed E-state index contributed by atoms with van der Waals surface area (Å²) in [5, 5.41) is 7.58. The first-order valence-corrected chi connectivity index (χ1v) is 9.39. The fraction of sp³-hybridized carbons (Fsp3) is 0.476. The Morgan fingerprint density at radius 1 is 1.19 bits per heavy atom. The lowest BCUT2D eigenvalue weighted by Crippen LogP contribution is -2.30. The third kappa shape index (κ3) is 3.48. The lowest BCUT2D eigenvalue weighted by molar-refractivity contribution is -0.127. The molecule has 0 saturated carbocycles. The van der Waals surface area contributed by atoms with Crippen LogP contribution in [0.4, 0.5) is 5.69 Å². The number of likely N-dealkylation sites (tertiary alicyclic amines) is 1. The highest BCUT2D eigenvalue weighted by Gasteiger charge is 2.43. The summed E-state index contributed by atoms with van der Waals surface area (Å²) < 4.78 is 1.91. The smallest absolute Gasteiger partial charge is 0.230 e. The Morgan fingerprint density at radius 2 is 1.81 bits per heavy atom. The van der Waals surface area contributed by atoms with Crippen molar-refractivity contribution in [1.29, 1.82) is 0 Å². The van der Waals surface area contributed by atoms with Gasteiger partial charge in [-0.3, -0.25) is 14.3 Å². The molecule has 1 saturated heterocycles. The van der Waals surface area contributed by atoms with E-state index in [9.17, 15) is 9.59 Å². The Kier molecular flexibility index (Phi) is 5.09. The second kappa shape index (κ2) is 7.18. The van der Waals surface area contributed by atoms with Crippen molar-refractivity contribution in [3.63, 3.8) is 0 Å². The second-order valence-corrected chi connectivity index (χ2v) is 7.74. The number of rotatable bonds is 4. The normalized spacial score (nSPS) is 19.8. The molecule has 2 heterocycles. The molecule has 0 spiro atoms. The first kappa shape index (κ1) is 19.1. The average Bonchev–Trinajstić information content (AvgIpc) is 3.07. The number of amides is 2. The van der Waals surface area contributed by atoms with Gasteiger partial charge in [-0.1, -0.05) is 29.8 Å². The molecular formula is C21H28N4O2. The van der Waals surface area contributed by atoms with Gasteiger partial charge >= 0.3 is 0 Å². The van der Waals surface area contributed by atoms with E-state index in [2.05, 4.69) is 24.3 Å². The first-order chi connectivity index (χ1) is 12.7. The van der Waals surface area contributed by atoms with Gasteiger partial charge in [0.15, 0.2) is 0 Å². The van der Waals surface area contributed by atoms with Crippen molar-refractivity contribution >= 4 is 17.5 Å². The van der Waals surface area contributed by atoms with Crippen LogP contribution >= 0.6 is 0 Å². The number of nitrogens with one attached hydrogen (secondary N) is 1. The lowest BCUT2D eigenvalue weighted by Gasteiger charge is -2.25. The summed E-state index contributed by atoms with van der Waals surface area (Å²) in [6.07, 6.45) is 0.220. The molecule has 0 bridgehead atoms. The maximum absolute atomic E-state index is 13.1. The Bertz CT molecular complexity index is 867. The lowest BCUT2D eigenvalue weighted by atomic mass is 9.92. The molecule has 1 aromatic carbocycles. The number of hydrogen-bond acceptors (Lipinski definition) is 3. The first-order valence-electron chi connectivity index (χ1n) is 9.39. The number of hydrogen-bond donors (Lipinski definition) is 1. The maximum atomic E-state index is 13.1. The number of carbonyl (C=O) groups excluding carboxylic acids is 2. The average molecular weight is 368 g/mol. The number of aryl methyl sites for hydroxylation is 2. The molecule has 6 nitrogen and oxygen atoms in total. The van der Waals surface area contributed by atoms with Gasteiger partial charge in [-0.25, -0.2) is 0 Å². The molecule has 6 heteroatoms. The molecule has 144 valence electrons. The molecule has 1 aliphatic rings. The van der Waals surface area contributed by atoms with E-state index in [1.807, 2.05) is 49.7 Å². The highest BCUT2D eigenvalue weighted by Crippen LogP contribution is 2.38. The summed E-state index contributed by atoms with van der Waals surface area (Å²) in [7, 11) is 1.77. The maximum Gasteiger partial charge on any atom is 0.230 e. The Morgan fingerprint density at radius 3 is 2.37 bits per heavy atom. The van der Waals surface area contributed by atoms with Crippen molar-refractivity contribution < 1.29 is 9.59 Å². The van der Waals surface area contributed by atoms with E-state index in [4.69, 9.17) is 0 Å². The summed E-state index contributed by atoms with van der Waals surface area (Å²) in [6.45, 7) is 9.99. The molecule has 2 amide bonds. The molecule has 0 unspecified atom stereocenters. The van der Waals surface area contributed by atoms with Crippen LogP contribution in [0.3, 0.4) is 0 Å². The minimum absolute atomic E-state index is 0.00737. The molecule has 2 aromatic rings. The highest BCUT2D eigenvalue weighted by molar-refractivity contribution is 5.98. The van der Waals surface area contributed by atoms with E-state index in [1.54, 1.807) is 11.9 Å². The number of nitrogens with zero attached hydrogens (tertiary/aromatic N) is 3. The Hall–Kier alpha value is -2.63. The molecule has 0 radical (unpaired) electrons. The van der Waals surface area contributed by atoms with E-state index in [0.29, 0.717) is 0 Å².